The first-order chi connectivity index (χ1) is 7.67. The first kappa shape index (κ1) is 16.8. The van der Waals surface area contributed by atoms with Crippen LogP contribution in [0.5, 0.6) is 0 Å². The third-order valence-corrected chi connectivity index (χ3v) is 4.19. The van der Waals surface area contributed by atoms with E-state index in [0.29, 0.717) is 11.2 Å². The molecule has 0 aliphatic rings. The fourth-order valence-electron chi connectivity index (χ4n) is 1.76. The van der Waals surface area contributed by atoms with Crippen molar-refractivity contribution in [1.29, 1.82) is 0 Å². The molecule has 0 aromatic rings. The van der Waals surface area contributed by atoms with E-state index in [-0.39, 0.29) is 4.75 Å². The fraction of sp³-hybridized carbons (Fsp3) is 0.750. The molecule has 0 heterocycles. The first-order valence-corrected chi connectivity index (χ1v) is 7.58. The normalized spacial score (nSPS) is 13.8. The highest BCUT2D eigenvalue weighted by Crippen LogP contribution is 2.37. The second-order valence-electron chi connectivity index (χ2n) is 6.15. The van der Waals surface area contributed by atoms with Crippen molar-refractivity contribution in [3.63, 3.8) is 0 Å². The lowest BCUT2D eigenvalue weighted by molar-refractivity contribution is 0.699. The summed E-state index contributed by atoms with van der Waals surface area (Å²) in [7, 11) is 0. The standard InChI is InChI=1S/C16H30S/c1-9-10-13(4)11-15(14(5)12(2)3)17-16(6,7)8/h12,15H,4-5,9-11H2,1-3,6-8H3. The molecule has 0 aromatic heterocycles. The van der Waals surface area contributed by atoms with Gasteiger partial charge in [-0.1, -0.05) is 72.3 Å². The highest BCUT2D eigenvalue weighted by atomic mass is 32.2. The molecule has 0 fully saturated rings. The number of hydrogen-bond donors (Lipinski definition) is 0. The Labute approximate surface area is 113 Å². The minimum atomic E-state index is 0.287. The summed E-state index contributed by atoms with van der Waals surface area (Å²) in [6.07, 6.45) is 3.43. The molecule has 0 saturated heterocycles. The largest absolute Gasteiger partial charge is 0.148 e. The van der Waals surface area contributed by atoms with Crippen molar-refractivity contribution in [3.05, 3.63) is 24.3 Å². The van der Waals surface area contributed by atoms with Gasteiger partial charge in [-0.15, -0.1) is 11.8 Å². The smallest absolute Gasteiger partial charge is 0.0298 e. The van der Waals surface area contributed by atoms with E-state index in [9.17, 15) is 0 Å². The Kier molecular flexibility index (Phi) is 7.23. The molecule has 0 aliphatic carbocycles. The average Bonchev–Trinajstić information content (AvgIpc) is 2.13. The van der Waals surface area contributed by atoms with Gasteiger partial charge in [-0.3, -0.25) is 0 Å². The summed E-state index contributed by atoms with van der Waals surface area (Å²) in [6.45, 7) is 22.0. The molecule has 0 amide bonds. The molecule has 0 rings (SSSR count). The molecule has 0 radical (unpaired) electrons. The van der Waals surface area contributed by atoms with E-state index >= 15 is 0 Å². The Morgan fingerprint density at radius 3 is 2.06 bits per heavy atom. The van der Waals surface area contributed by atoms with Gasteiger partial charge in [0.1, 0.15) is 0 Å². The molecule has 1 heteroatoms. The van der Waals surface area contributed by atoms with Gasteiger partial charge >= 0.3 is 0 Å². The Bertz CT molecular complexity index is 255. The summed E-state index contributed by atoms with van der Waals surface area (Å²) < 4.78 is 0.287. The summed E-state index contributed by atoms with van der Waals surface area (Å²) in [5.41, 5.74) is 2.73. The number of hydrogen-bond acceptors (Lipinski definition) is 1. The molecular weight excluding hydrogens is 224 g/mol. The minimum absolute atomic E-state index is 0.287. The van der Waals surface area contributed by atoms with Crippen molar-refractivity contribution in [3.8, 4) is 0 Å². The molecule has 0 spiro atoms. The van der Waals surface area contributed by atoms with E-state index in [0.717, 1.165) is 12.8 Å². The Morgan fingerprint density at radius 1 is 1.18 bits per heavy atom. The molecule has 0 nitrogen and oxygen atoms in total. The van der Waals surface area contributed by atoms with Crippen LogP contribution in [0.2, 0.25) is 0 Å². The lowest BCUT2D eigenvalue weighted by atomic mass is 9.96. The van der Waals surface area contributed by atoms with Crippen LogP contribution in [0.1, 0.15) is 60.8 Å². The predicted molar refractivity (Wildman–Crippen MR) is 83.8 cm³/mol. The fourth-order valence-corrected chi connectivity index (χ4v) is 3.36. The lowest BCUT2D eigenvalue weighted by Crippen LogP contribution is -2.20. The van der Waals surface area contributed by atoms with Crippen LogP contribution in [0, 0.1) is 5.92 Å². The van der Waals surface area contributed by atoms with Gasteiger partial charge in [-0.2, -0.15) is 0 Å². The van der Waals surface area contributed by atoms with E-state index in [1.54, 1.807) is 0 Å². The SMILES string of the molecule is C=C(CCC)CC(SC(C)(C)C)C(=C)C(C)C. The third-order valence-electron chi connectivity index (χ3n) is 2.73. The van der Waals surface area contributed by atoms with Crippen molar-refractivity contribution < 1.29 is 0 Å². The predicted octanol–water partition coefficient (Wildman–Crippen LogP) is 5.85. The second-order valence-corrected chi connectivity index (χ2v) is 8.18. The molecule has 0 N–H and O–H groups in total. The van der Waals surface area contributed by atoms with Crippen LogP contribution in [0.25, 0.3) is 0 Å². The molecule has 0 aromatic carbocycles. The summed E-state index contributed by atoms with van der Waals surface area (Å²) >= 11 is 2.03. The zero-order chi connectivity index (χ0) is 13.6. The van der Waals surface area contributed by atoms with Crippen LogP contribution < -0.4 is 0 Å². The summed E-state index contributed by atoms with van der Waals surface area (Å²) in [5, 5.41) is 0.522. The maximum absolute atomic E-state index is 4.29. The number of allylic oxidation sites excluding steroid dienone is 1. The van der Waals surface area contributed by atoms with E-state index in [4.69, 9.17) is 0 Å². The topological polar surface area (TPSA) is 0 Å². The average molecular weight is 254 g/mol. The summed E-state index contributed by atoms with van der Waals surface area (Å²) in [5.74, 6) is 0.560. The highest BCUT2D eigenvalue weighted by Gasteiger charge is 2.23. The van der Waals surface area contributed by atoms with Gasteiger partial charge in [0, 0.05) is 10.00 Å². The molecular formula is C16H30S. The molecule has 1 atom stereocenters. The summed E-state index contributed by atoms with van der Waals surface area (Å²) in [4.78, 5) is 0. The van der Waals surface area contributed by atoms with Crippen molar-refractivity contribution in [2.75, 3.05) is 0 Å². The minimum Gasteiger partial charge on any atom is -0.148 e. The Hall–Kier alpha value is -0.170. The van der Waals surface area contributed by atoms with Crippen molar-refractivity contribution in [1.82, 2.24) is 0 Å². The van der Waals surface area contributed by atoms with E-state index in [1.165, 1.54) is 17.6 Å². The molecule has 0 saturated carbocycles. The quantitative estimate of drug-likeness (QED) is 0.514. The van der Waals surface area contributed by atoms with Gasteiger partial charge in [0.2, 0.25) is 0 Å². The second kappa shape index (κ2) is 7.31. The maximum atomic E-state index is 4.29. The van der Waals surface area contributed by atoms with Gasteiger partial charge in [-0.05, 0) is 18.8 Å². The first-order valence-electron chi connectivity index (χ1n) is 6.70. The Balaban J connectivity index is 4.62. The van der Waals surface area contributed by atoms with Crippen LogP contribution in [0.4, 0.5) is 0 Å². The Morgan fingerprint density at radius 2 is 1.71 bits per heavy atom. The maximum Gasteiger partial charge on any atom is 0.0298 e. The molecule has 1 unspecified atom stereocenters. The van der Waals surface area contributed by atoms with E-state index in [2.05, 4.69) is 54.7 Å². The molecule has 17 heavy (non-hydrogen) atoms. The summed E-state index contributed by atoms with van der Waals surface area (Å²) in [6, 6.07) is 0. The van der Waals surface area contributed by atoms with E-state index in [1.807, 2.05) is 11.8 Å². The van der Waals surface area contributed by atoms with Crippen LogP contribution in [0.15, 0.2) is 24.3 Å². The van der Waals surface area contributed by atoms with Crippen LogP contribution >= 0.6 is 11.8 Å². The zero-order valence-corrected chi connectivity index (χ0v) is 13.4. The molecule has 0 bridgehead atoms. The van der Waals surface area contributed by atoms with Crippen molar-refractivity contribution >= 4 is 11.8 Å². The highest BCUT2D eigenvalue weighted by molar-refractivity contribution is 8.01. The monoisotopic (exact) mass is 254 g/mol. The van der Waals surface area contributed by atoms with Gasteiger partial charge in [0.05, 0.1) is 0 Å². The van der Waals surface area contributed by atoms with Gasteiger partial charge in [0.15, 0.2) is 0 Å². The van der Waals surface area contributed by atoms with Crippen LogP contribution in [0.3, 0.4) is 0 Å². The van der Waals surface area contributed by atoms with Crippen LogP contribution in [-0.4, -0.2) is 10.00 Å². The molecule has 100 valence electrons. The number of thioether (sulfide) groups is 1. The van der Waals surface area contributed by atoms with Crippen LogP contribution in [-0.2, 0) is 0 Å². The van der Waals surface area contributed by atoms with Crippen molar-refractivity contribution in [2.24, 2.45) is 5.92 Å². The van der Waals surface area contributed by atoms with Crippen molar-refractivity contribution in [2.45, 2.75) is 70.8 Å². The van der Waals surface area contributed by atoms with E-state index < -0.39 is 0 Å². The van der Waals surface area contributed by atoms with Gasteiger partial charge in [0.25, 0.3) is 0 Å². The zero-order valence-electron chi connectivity index (χ0n) is 12.6. The van der Waals surface area contributed by atoms with Gasteiger partial charge in [-0.25, -0.2) is 0 Å². The third kappa shape index (κ3) is 7.70. The van der Waals surface area contributed by atoms with Gasteiger partial charge < -0.3 is 0 Å². The lowest BCUT2D eigenvalue weighted by Gasteiger charge is -2.29. The molecule has 0 aliphatic heterocycles. The number of rotatable bonds is 7.